The maximum absolute atomic E-state index is 6.47. The molecule has 3 atom stereocenters. The van der Waals surface area contributed by atoms with Crippen molar-refractivity contribution in [1.82, 2.24) is 5.32 Å². The van der Waals surface area contributed by atoms with Gasteiger partial charge < -0.3 is 10.1 Å². The molecule has 1 unspecified atom stereocenters. The highest BCUT2D eigenvalue weighted by Gasteiger charge is 2.52. The highest BCUT2D eigenvalue weighted by molar-refractivity contribution is 7.16. The molecule has 3 heterocycles. The van der Waals surface area contributed by atoms with Crippen LogP contribution in [-0.4, -0.2) is 18.7 Å². The smallest absolute Gasteiger partial charge is 0.106 e. The van der Waals surface area contributed by atoms with Gasteiger partial charge in [0.15, 0.2) is 0 Å². The summed E-state index contributed by atoms with van der Waals surface area (Å²) in [5, 5.41) is 3.98. The monoisotopic (exact) mass is 323 g/mol. The number of rotatable bonds is 2. The van der Waals surface area contributed by atoms with Crippen LogP contribution in [0.5, 0.6) is 0 Å². The van der Waals surface area contributed by atoms with Crippen molar-refractivity contribution in [3.8, 4) is 0 Å². The predicted octanol–water partition coefficient (Wildman–Crippen LogP) is 4.11. The predicted molar refractivity (Wildman–Crippen MR) is 86.1 cm³/mol. The van der Waals surface area contributed by atoms with Crippen LogP contribution in [0.2, 0.25) is 4.34 Å². The van der Waals surface area contributed by atoms with Gasteiger partial charge in [0.25, 0.3) is 0 Å². The minimum atomic E-state index is -0.0306. The van der Waals surface area contributed by atoms with Crippen molar-refractivity contribution in [3.05, 3.63) is 20.8 Å². The Morgan fingerprint density at radius 1 is 1.14 bits per heavy atom. The Morgan fingerprint density at radius 2 is 1.81 bits per heavy atom. The normalized spacial score (nSPS) is 39.5. The van der Waals surface area contributed by atoms with Crippen molar-refractivity contribution in [1.29, 1.82) is 0 Å². The van der Waals surface area contributed by atoms with Gasteiger partial charge in [-0.05, 0) is 68.4 Å². The second-order valence-corrected chi connectivity index (χ2v) is 9.14. The Balaban J connectivity index is 1.53. The first-order valence-electron chi connectivity index (χ1n) is 8.42. The van der Waals surface area contributed by atoms with Gasteiger partial charge in [-0.3, -0.25) is 0 Å². The number of hydrogen-bond acceptors (Lipinski definition) is 3. The van der Waals surface area contributed by atoms with Crippen LogP contribution >= 0.6 is 22.9 Å². The molecule has 0 aromatic carbocycles. The van der Waals surface area contributed by atoms with Crippen molar-refractivity contribution in [2.75, 3.05) is 6.61 Å². The molecule has 21 heavy (non-hydrogen) atoms. The van der Waals surface area contributed by atoms with Gasteiger partial charge in [-0.2, -0.15) is 0 Å². The van der Waals surface area contributed by atoms with Crippen LogP contribution < -0.4 is 5.32 Å². The fourth-order valence-electron chi connectivity index (χ4n) is 4.48. The van der Waals surface area contributed by atoms with Crippen LogP contribution in [0, 0.1) is 11.8 Å². The van der Waals surface area contributed by atoms with Crippen molar-refractivity contribution < 1.29 is 4.74 Å². The van der Waals surface area contributed by atoms with Crippen LogP contribution in [0.3, 0.4) is 0 Å². The fraction of sp³-hybridized carbons (Fsp3) is 0.765. The first kappa shape index (κ1) is 13.4. The highest BCUT2D eigenvalue weighted by Crippen LogP contribution is 2.53. The Morgan fingerprint density at radius 3 is 2.43 bits per heavy atom. The maximum atomic E-state index is 6.47. The minimum absolute atomic E-state index is 0.0306. The lowest BCUT2D eigenvalue weighted by atomic mass is 9.77. The lowest BCUT2D eigenvalue weighted by Crippen LogP contribution is -2.55. The molecule has 3 fully saturated rings. The fourth-order valence-corrected chi connectivity index (χ4v) is 5.94. The van der Waals surface area contributed by atoms with Gasteiger partial charge in [0.05, 0.1) is 10.9 Å². The Hall–Kier alpha value is -0.0900. The number of piperidine rings is 1. The molecular formula is C17H22ClNOS. The third-order valence-corrected chi connectivity index (χ3v) is 7.34. The quantitative estimate of drug-likeness (QED) is 0.884. The molecule has 1 aromatic heterocycles. The molecule has 1 saturated heterocycles. The van der Waals surface area contributed by atoms with Gasteiger partial charge in [0.2, 0.25) is 0 Å². The van der Waals surface area contributed by atoms with Crippen LogP contribution in [-0.2, 0) is 16.8 Å². The summed E-state index contributed by atoms with van der Waals surface area (Å²) in [5.74, 6) is 1.79. The summed E-state index contributed by atoms with van der Waals surface area (Å²) in [7, 11) is 0. The molecule has 4 aliphatic rings. The Labute approximate surface area is 135 Å². The third-order valence-electron chi connectivity index (χ3n) is 5.85. The average Bonchev–Trinajstić information content (AvgIpc) is 3.36. The zero-order chi connectivity index (χ0) is 14.0. The molecule has 0 amide bonds. The van der Waals surface area contributed by atoms with E-state index in [0.29, 0.717) is 12.1 Å². The number of thiophene rings is 1. The van der Waals surface area contributed by atoms with Crippen molar-refractivity contribution in [3.63, 3.8) is 0 Å². The molecule has 1 N–H and O–H groups in total. The zero-order valence-electron chi connectivity index (χ0n) is 12.2. The van der Waals surface area contributed by atoms with Crippen molar-refractivity contribution in [2.24, 2.45) is 11.8 Å². The summed E-state index contributed by atoms with van der Waals surface area (Å²) in [6.45, 7) is 0.870. The molecule has 2 aliphatic heterocycles. The summed E-state index contributed by atoms with van der Waals surface area (Å²) in [4.78, 5) is 1.46. The van der Waals surface area contributed by atoms with Gasteiger partial charge >= 0.3 is 0 Å². The Kier molecular flexibility index (Phi) is 2.99. The molecule has 2 saturated carbocycles. The minimum Gasteiger partial charge on any atom is -0.369 e. The van der Waals surface area contributed by atoms with Gasteiger partial charge in [0.1, 0.15) is 5.60 Å². The van der Waals surface area contributed by atoms with E-state index in [-0.39, 0.29) is 5.60 Å². The molecule has 1 spiro atoms. The first-order valence-corrected chi connectivity index (χ1v) is 9.62. The molecule has 2 nitrogen and oxygen atoms in total. The largest absolute Gasteiger partial charge is 0.369 e. The third kappa shape index (κ3) is 2.28. The van der Waals surface area contributed by atoms with E-state index < -0.39 is 0 Å². The summed E-state index contributed by atoms with van der Waals surface area (Å²) in [6.07, 6.45) is 8.98. The molecule has 0 radical (unpaired) electrons. The number of ether oxygens (including phenoxy) is 1. The number of hydrogen-bond donors (Lipinski definition) is 1. The summed E-state index contributed by atoms with van der Waals surface area (Å²) in [6, 6.07) is 3.51. The molecule has 4 heteroatoms. The molecule has 114 valence electrons. The summed E-state index contributed by atoms with van der Waals surface area (Å²) < 4.78 is 7.41. The van der Waals surface area contributed by atoms with E-state index in [1.54, 1.807) is 11.3 Å². The lowest BCUT2D eigenvalue weighted by Gasteiger charge is -2.47. The molecule has 0 bridgehead atoms. The molecular weight excluding hydrogens is 302 g/mol. The molecule has 2 aliphatic carbocycles. The second-order valence-electron chi connectivity index (χ2n) is 7.46. The Bertz CT molecular complexity index is 543. The second kappa shape index (κ2) is 4.70. The van der Waals surface area contributed by atoms with E-state index in [1.807, 2.05) is 0 Å². The van der Waals surface area contributed by atoms with E-state index in [4.69, 9.17) is 16.3 Å². The maximum Gasteiger partial charge on any atom is 0.106 e. The lowest BCUT2D eigenvalue weighted by molar-refractivity contribution is -0.100. The average molecular weight is 324 g/mol. The van der Waals surface area contributed by atoms with E-state index >= 15 is 0 Å². The molecule has 5 rings (SSSR count). The number of fused-ring (bicyclic) bond motifs is 2. The van der Waals surface area contributed by atoms with Gasteiger partial charge in [0, 0.05) is 17.0 Å². The topological polar surface area (TPSA) is 21.3 Å². The van der Waals surface area contributed by atoms with Crippen molar-refractivity contribution in [2.45, 2.75) is 62.6 Å². The van der Waals surface area contributed by atoms with Gasteiger partial charge in [-0.1, -0.05) is 11.6 Å². The summed E-state index contributed by atoms with van der Waals surface area (Å²) >= 11 is 8.10. The molecule has 1 aromatic rings. The van der Waals surface area contributed by atoms with E-state index in [9.17, 15) is 0 Å². The van der Waals surface area contributed by atoms with Crippen LogP contribution in [0.15, 0.2) is 6.07 Å². The van der Waals surface area contributed by atoms with Gasteiger partial charge in [-0.15, -0.1) is 11.3 Å². The van der Waals surface area contributed by atoms with Crippen molar-refractivity contribution >= 4 is 22.9 Å². The standard InChI is InChI=1S/C17H22ClNOS/c18-15-7-12-5-6-20-17(16(12)21-15)8-13(10-1-2-10)19-14(9-17)11-3-4-11/h7,10-11,13-14,19H,1-6,8-9H2/t13-,14?,17+/m1/s1. The van der Waals surface area contributed by atoms with E-state index in [0.717, 1.165) is 42.0 Å². The van der Waals surface area contributed by atoms with E-state index in [2.05, 4.69) is 11.4 Å². The first-order chi connectivity index (χ1) is 10.2. The SMILES string of the molecule is Clc1cc2c(s1)[C@]1(CC(C3CC3)N[C@@H](C3CC3)C1)OCC2. The zero-order valence-corrected chi connectivity index (χ0v) is 13.8. The summed E-state index contributed by atoms with van der Waals surface area (Å²) in [5.41, 5.74) is 1.43. The highest BCUT2D eigenvalue weighted by atomic mass is 35.5. The van der Waals surface area contributed by atoms with Crippen LogP contribution in [0.1, 0.15) is 49.0 Å². The van der Waals surface area contributed by atoms with Crippen LogP contribution in [0.4, 0.5) is 0 Å². The van der Waals surface area contributed by atoms with Crippen LogP contribution in [0.25, 0.3) is 0 Å². The number of nitrogens with one attached hydrogen (secondary N) is 1. The van der Waals surface area contributed by atoms with Gasteiger partial charge in [-0.25, -0.2) is 0 Å². The van der Waals surface area contributed by atoms with E-state index in [1.165, 1.54) is 36.1 Å². The number of halogens is 1.